The Balaban J connectivity index is 1.84. The molecule has 0 aliphatic carbocycles. The van der Waals surface area contributed by atoms with Crippen molar-refractivity contribution < 1.29 is 23.5 Å². The number of halogens is 2. The van der Waals surface area contributed by atoms with Crippen molar-refractivity contribution in [3.8, 4) is 0 Å². The van der Waals surface area contributed by atoms with Crippen LogP contribution in [0.1, 0.15) is 83.5 Å². The Morgan fingerprint density at radius 1 is 0.881 bits per heavy atom. The fourth-order valence-corrected chi connectivity index (χ4v) is 5.18. The van der Waals surface area contributed by atoms with E-state index in [4.69, 9.17) is 0 Å². The lowest BCUT2D eigenvalue weighted by Gasteiger charge is -2.27. The van der Waals surface area contributed by atoms with Crippen molar-refractivity contribution >= 4 is 11.8 Å². The topological polar surface area (TPSA) is 81.7 Å². The Morgan fingerprint density at radius 3 is 2.10 bits per heavy atom. The van der Waals surface area contributed by atoms with Crippen LogP contribution in [-0.2, 0) is 6.42 Å². The summed E-state index contributed by atoms with van der Waals surface area (Å²) >= 11 is 0. The van der Waals surface area contributed by atoms with E-state index in [0.29, 0.717) is 24.2 Å². The zero-order chi connectivity index (χ0) is 30.6. The Bertz CT molecular complexity index is 1290. The van der Waals surface area contributed by atoms with Gasteiger partial charge in [-0.15, -0.1) is 0 Å². The Kier molecular flexibility index (Phi) is 12.6. The zero-order valence-corrected chi connectivity index (χ0v) is 25.0. The number of hydrogen-bond acceptors (Lipinski definition) is 4. The maximum Gasteiger partial charge on any atom is 0.253 e. The summed E-state index contributed by atoms with van der Waals surface area (Å²) < 4.78 is 28.0. The molecule has 0 radical (unpaired) electrons. The van der Waals surface area contributed by atoms with Gasteiger partial charge < -0.3 is 20.6 Å². The van der Waals surface area contributed by atoms with Crippen LogP contribution in [0.3, 0.4) is 0 Å². The van der Waals surface area contributed by atoms with Crippen molar-refractivity contribution in [3.05, 3.63) is 106 Å². The molecule has 42 heavy (non-hydrogen) atoms. The summed E-state index contributed by atoms with van der Waals surface area (Å²) in [5.74, 6) is -2.09. The average Bonchev–Trinajstić information content (AvgIpc) is 2.96. The number of carbonyl (C=O) groups excluding carboxylic acids is 2. The van der Waals surface area contributed by atoms with Gasteiger partial charge in [-0.3, -0.25) is 9.59 Å². The summed E-state index contributed by atoms with van der Waals surface area (Å²) in [6, 6.07) is 17.1. The third kappa shape index (κ3) is 9.46. The van der Waals surface area contributed by atoms with E-state index in [9.17, 15) is 23.5 Å². The molecule has 8 heteroatoms. The van der Waals surface area contributed by atoms with Gasteiger partial charge in [0.15, 0.2) is 0 Å². The van der Waals surface area contributed by atoms with Gasteiger partial charge in [0, 0.05) is 42.9 Å². The summed E-state index contributed by atoms with van der Waals surface area (Å²) in [5, 5.41) is 17.5. The largest absolute Gasteiger partial charge is 0.390 e. The van der Waals surface area contributed by atoms with Gasteiger partial charge in [-0.2, -0.15) is 0 Å². The van der Waals surface area contributed by atoms with Gasteiger partial charge in [0.1, 0.15) is 11.6 Å². The molecule has 0 aliphatic rings. The monoisotopic (exact) mass is 579 g/mol. The summed E-state index contributed by atoms with van der Waals surface area (Å²) in [4.78, 5) is 28.6. The lowest BCUT2D eigenvalue weighted by Crippen LogP contribution is -2.49. The van der Waals surface area contributed by atoms with E-state index in [1.165, 1.54) is 12.1 Å². The molecule has 0 fully saturated rings. The Labute approximate surface area is 248 Å². The van der Waals surface area contributed by atoms with Crippen LogP contribution in [0.25, 0.3) is 0 Å². The molecule has 0 heterocycles. The zero-order valence-electron chi connectivity index (χ0n) is 25.0. The number of aliphatic hydroxyl groups excluding tert-OH is 1. The summed E-state index contributed by atoms with van der Waals surface area (Å²) in [6.45, 7) is 9.25. The van der Waals surface area contributed by atoms with Crippen molar-refractivity contribution in [1.82, 2.24) is 15.5 Å². The predicted molar refractivity (Wildman–Crippen MR) is 162 cm³/mol. The highest BCUT2D eigenvalue weighted by molar-refractivity contribution is 6.00. The lowest BCUT2D eigenvalue weighted by atomic mass is 9.98. The van der Waals surface area contributed by atoms with Crippen LogP contribution in [0.15, 0.2) is 66.7 Å². The number of aryl methyl sites for hydroxylation is 1. The standard InChI is InChI=1S/C34H43F2N3O3/c1-5-13-39(14-6-2)34(42)27-16-23(4)15-26(20-27)33(41)38-31(19-24-17-28(35)21-29(36)18-24)32(40)22-37-30(7-3)25-11-9-8-10-12-25/h8-12,15-18,20-21,30-32,37,40H,5-7,13-14,19,22H2,1-4H3,(H,38,41)/t30-,31-,32+/m0/s1. The summed E-state index contributed by atoms with van der Waals surface area (Å²) in [6.07, 6.45) is 1.35. The van der Waals surface area contributed by atoms with Gasteiger partial charge >= 0.3 is 0 Å². The third-order valence-electron chi connectivity index (χ3n) is 7.20. The average molecular weight is 580 g/mol. The van der Waals surface area contributed by atoms with E-state index in [-0.39, 0.29) is 30.5 Å². The molecule has 2 amide bonds. The molecule has 0 spiro atoms. The van der Waals surface area contributed by atoms with Gasteiger partial charge in [0.05, 0.1) is 12.1 Å². The quantitative estimate of drug-likeness (QED) is 0.207. The number of aliphatic hydroxyl groups is 1. The van der Waals surface area contributed by atoms with Crippen LogP contribution in [0.4, 0.5) is 8.78 Å². The first kappa shape index (κ1) is 32.9. The lowest BCUT2D eigenvalue weighted by molar-refractivity contribution is 0.0755. The minimum absolute atomic E-state index is 0.00375. The van der Waals surface area contributed by atoms with Crippen molar-refractivity contribution in [2.75, 3.05) is 19.6 Å². The van der Waals surface area contributed by atoms with Gasteiger partial charge in [-0.1, -0.05) is 51.1 Å². The highest BCUT2D eigenvalue weighted by atomic mass is 19.1. The van der Waals surface area contributed by atoms with E-state index >= 15 is 0 Å². The number of amides is 2. The number of carbonyl (C=O) groups is 2. The van der Waals surface area contributed by atoms with Crippen LogP contribution in [-0.4, -0.2) is 53.6 Å². The van der Waals surface area contributed by atoms with Gasteiger partial charge in [0.25, 0.3) is 11.8 Å². The molecule has 0 aliphatic heterocycles. The molecule has 226 valence electrons. The second kappa shape index (κ2) is 16.1. The van der Waals surface area contributed by atoms with Crippen LogP contribution < -0.4 is 10.6 Å². The first-order chi connectivity index (χ1) is 20.1. The second-order valence-electron chi connectivity index (χ2n) is 10.8. The fourth-order valence-electron chi connectivity index (χ4n) is 5.18. The molecule has 0 bridgehead atoms. The molecule has 3 rings (SSSR count). The number of nitrogens with zero attached hydrogens (tertiary/aromatic N) is 1. The van der Waals surface area contributed by atoms with Crippen LogP contribution in [0, 0.1) is 18.6 Å². The van der Waals surface area contributed by atoms with Crippen LogP contribution in [0.5, 0.6) is 0 Å². The van der Waals surface area contributed by atoms with Gasteiger partial charge in [-0.25, -0.2) is 8.78 Å². The van der Waals surface area contributed by atoms with Crippen molar-refractivity contribution in [3.63, 3.8) is 0 Å². The van der Waals surface area contributed by atoms with Crippen LogP contribution >= 0.6 is 0 Å². The van der Waals surface area contributed by atoms with Crippen LogP contribution in [0.2, 0.25) is 0 Å². The molecular weight excluding hydrogens is 536 g/mol. The van der Waals surface area contributed by atoms with Crippen molar-refractivity contribution in [2.45, 2.75) is 71.6 Å². The smallest absolute Gasteiger partial charge is 0.253 e. The Morgan fingerprint density at radius 2 is 1.50 bits per heavy atom. The minimum Gasteiger partial charge on any atom is -0.390 e. The van der Waals surface area contributed by atoms with E-state index in [2.05, 4.69) is 10.6 Å². The van der Waals surface area contributed by atoms with Crippen molar-refractivity contribution in [2.24, 2.45) is 0 Å². The molecular formula is C34H43F2N3O3. The highest BCUT2D eigenvalue weighted by Gasteiger charge is 2.25. The van der Waals surface area contributed by atoms with Gasteiger partial charge in [0.2, 0.25) is 0 Å². The molecule has 3 N–H and O–H groups in total. The van der Waals surface area contributed by atoms with Crippen molar-refractivity contribution in [1.29, 1.82) is 0 Å². The molecule has 3 aromatic carbocycles. The van der Waals surface area contributed by atoms with E-state index < -0.39 is 29.7 Å². The Hall–Kier alpha value is -3.62. The third-order valence-corrected chi connectivity index (χ3v) is 7.20. The number of benzene rings is 3. The molecule has 0 unspecified atom stereocenters. The molecule has 3 aromatic rings. The number of nitrogens with one attached hydrogen (secondary N) is 2. The summed E-state index contributed by atoms with van der Waals surface area (Å²) in [7, 11) is 0. The normalized spacial score (nSPS) is 13.3. The number of rotatable bonds is 15. The summed E-state index contributed by atoms with van der Waals surface area (Å²) in [5.41, 5.74) is 2.82. The highest BCUT2D eigenvalue weighted by Crippen LogP contribution is 2.18. The minimum atomic E-state index is -1.08. The molecule has 0 aromatic heterocycles. The first-order valence-electron chi connectivity index (χ1n) is 14.8. The molecule has 0 saturated heterocycles. The molecule has 3 atom stereocenters. The predicted octanol–water partition coefficient (Wildman–Crippen LogP) is 5.98. The maximum absolute atomic E-state index is 14.0. The molecule has 6 nitrogen and oxygen atoms in total. The molecule has 0 saturated carbocycles. The second-order valence-corrected chi connectivity index (χ2v) is 10.8. The van der Waals surface area contributed by atoms with Gasteiger partial charge in [-0.05, 0) is 79.6 Å². The van der Waals surface area contributed by atoms with E-state index in [1.54, 1.807) is 23.1 Å². The van der Waals surface area contributed by atoms with E-state index in [1.807, 2.05) is 58.0 Å². The number of hydrogen-bond donors (Lipinski definition) is 3. The maximum atomic E-state index is 14.0. The fraction of sp³-hybridized carbons (Fsp3) is 0.412. The van der Waals surface area contributed by atoms with E-state index in [0.717, 1.165) is 36.5 Å². The first-order valence-corrected chi connectivity index (χ1v) is 14.8. The SMILES string of the molecule is CCCN(CCC)C(=O)c1cc(C)cc(C(=O)N[C@@H](Cc2cc(F)cc(F)c2)[C@H](O)CN[C@@H](CC)c2ccccc2)c1.